The summed E-state index contributed by atoms with van der Waals surface area (Å²) in [5, 5.41) is 3.61. The van der Waals surface area contributed by atoms with Gasteiger partial charge in [0.05, 0.1) is 0 Å². The van der Waals surface area contributed by atoms with Crippen LogP contribution in [0.5, 0.6) is 0 Å². The maximum absolute atomic E-state index is 13.7. The first-order valence-electron chi connectivity index (χ1n) is 11.1. The molecule has 1 fully saturated rings. The lowest BCUT2D eigenvalue weighted by molar-refractivity contribution is -0.137. The first-order valence-corrected chi connectivity index (χ1v) is 11.1. The van der Waals surface area contributed by atoms with Crippen LogP contribution in [0.15, 0.2) is 71.7 Å². The summed E-state index contributed by atoms with van der Waals surface area (Å²) < 4.78 is 19.2. The molecule has 2 heterocycles. The van der Waals surface area contributed by atoms with Crippen molar-refractivity contribution in [3.05, 3.63) is 78.8 Å². The van der Waals surface area contributed by atoms with Gasteiger partial charge in [0.15, 0.2) is 5.76 Å². The highest BCUT2D eigenvalue weighted by molar-refractivity contribution is 6.04. The van der Waals surface area contributed by atoms with Crippen molar-refractivity contribution in [2.24, 2.45) is 0 Å². The van der Waals surface area contributed by atoms with E-state index in [9.17, 15) is 18.8 Å². The molecule has 2 aromatic carbocycles. The molecule has 176 valence electrons. The second kappa shape index (κ2) is 9.51. The van der Waals surface area contributed by atoms with E-state index in [0.717, 1.165) is 5.39 Å². The van der Waals surface area contributed by atoms with E-state index in [1.165, 1.54) is 36.1 Å². The number of benzene rings is 2. The number of carbonyl (C=O) groups is 3. The zero-order valence-electron chi connectivity index (χ0n) is 18.9. The Kier molecular flexibility index (Phi) is 6.49. The molecule has 0 radical (unpaired) electrons. The van der Waals surface area contributed by atoms with Crippen molar-refractivity contribution in [2.45, 2.75) is 25.3 Å². The van der Waals surface area contributed by atoms with Crippen molar-refractivity contribution < 1.29 is 23.2 Å². The van der Waals surface area contributed by atoms with Gasteiger partial charge >= 0.3 is 0 Å². The summed E-state index contributed by atoms with van der Waals surface area (Å²) in [4.78, 5) is 42.5. The lowest BCUT2D eigenvalue weighted by atomic mass is 9.83. The number of halogens is 1. The molecule has 3 amide bonds. The van der Waals surface area contributed by atoms with Gasteiger partial charge in [-0.2, -0.15) is 0 Å². The molecule has 1 N–H and O–H groups in total. The third-order valence-corrected chi connectivity index (χ3v) is 6.27. The molecule has 1 aliphatic rings. The number of nitrogens with zero attached hydrogens (tertiary/aromatic N) is 2. The Morgan fingerprint density at radius 2 is 1.82 bits per heavy atom. The molecular formula is C26H26FN3O4. The molecule has 1 aliphatic heterocycles. The van der Waals surface area contributed by atoms with Crippen LogP contribution < -0.4 is 5.32 Å². The van der Waals surface area contributed by atoms with E-state index in [1.807, 2.05) is 18.2 Å². The van der Waals surface area contributed by atoms with Gasteiger partial charge in [0.1, 0.15) is 16.9 Å². The van der Waals surface area contributed by atoms with E-state index in [4.69, 9.17) is 4.42 Å². The largest absolute Gasteiger partial charge is 0.451 e. The third-order valence-electron chi connectivity index (χ3n) is 6.27. The van der Waals surface area contributed by atoms with Crippen molar-refractivity contribution >= 4 is 34.4 Å². The van der Waals surface area contributed by atoms with Crippen molar-refractivity contribution in [3.8, 4) is 0 Å². The predicted octanol–water partition coefficient (Wildman–Crippen LogP) is 4.22. The highest BCUT2D eigenvalue weighted by Gasteiger charge is 2.49. The SMILES string of the molecule is C=CCN(C(=O)c1cc2ccccc2o1)C1(C(=O)Nc2ccc(F)cc2)CCN(C(C)=O)CC1. The van der Waals surface area contributed by atoms with E-state index >= 15 is 0 Å². The number of carbonyl (C=O) groups excluding carboxylic acids is 3. The fraction of sp³-hybridized carbons (Fsp3) is 0.269. The Morgan fingerprint density at radius 3 is 2.44 bits per heavy atom. The minimum absolute atomic E-state index is 0.0913. The standard InChI is InChI=1S/C26H26FN3O4/c1-3-14-30(24(32)23-17-19-6-4-5-7-22(19)34-23)26(12-15-29(16-13-26)18(2)31)25(33)28-21-10-8-20(27)9-11-21/h3-11,17H,1,12-16H2,2H3,(H,28,33). The number of furan rings is 1. The summed E-state index contributed by atoms with van der Waals surface area (Å²) in [6.07, 6.45) is 2.03. The van der Waals surface area contributed by atoms with E-state index in [0.29, 0.717) is 24.4 Å². The average molecular weight is 464 g/mol. The number of anilines is 1. The maximum atomic E-state index is 13.7. The number of piperidine rings is 1. The van der Waals surface area contributed by atoms with Crippen LogP contribution in [0.4, 0.5) is 10.1 Å². The van der Waals surface area contributed by atoms with Gasteiger partial charge < -0.3 is 19.5 Å². The molecule has 0 atom stereocenters. The number of likely N-dealkylation sites (tertiary alicyclic amines) is 1. The van der Waals surface area contributed by atoms with Crippen LogP contribution in [-0.2, 0) is 9.59 Å². The Hall–Kier alpha value is -3.94. The van der Waals surface area contributed by atoms with Gasteiger partial charge in [-0.1, -0.05) is 24.3 Å². The van der Waals surface area contributed by atoms with Gasteiger partial charge in [-0.05, 0) is 49.2 Å². The number of fused-ring (bicyclic) bond motifs is 1. The topological polar surface area (TPSA) is 82.9 Å². The van der Waals surface area contributed by atoms with Crippen molar-refractivity contribution in [2.75, 3.05) is 25.0 Å². The molecule has 0 unspecified atom stereocenters. The number of amides is 3. The molecule has 7 nitrogen and oxygen atoms in total. The van der Waals surface area contributed by atoms with Crippen LogP contribution >= 0.6 is 0 Å². The second-order valence-electron chi connectivity index (χ2n) is 8.35. The first kappa shape index (κ1) is 23.2. The number of para-hydroxylation sites is 1. The summed E-state index contributed by atoms with van der Waals surface area (Å²) in [5.74, 6) is -1.25. The second-order valence-corrected chi connectivity index (χ2v) is 8.35. The van der Waals surface area contributed by atoms with E-state index in [-0.39, 0.29) is 31.1 Å². The fourth-order valence-electron chi connectivity index (χ4n) is 4.39. The van der Waals surface area contributed by atoms with E-state index in [1.54, 1.807) is 23.1 Å². The molecule has 34 heavy (non-hydrogen) atoms. The van der Waals surface area contributed by atoms with E-state index < -0.39 is 23.2 Å². The van der Waals surface area contributed by atoms with Gasteiger partial charge in [-0.3, -0.25) is 14.4 Å². The number of nitrogens with one attached hydrogen (secondary N) is 1. The molecule has 0 saturated carbocycles. The van der Waals surface area contributed by atoms with Crippen molar-refractivity contribution in [1.82, 2.24) is 9.80 Å². The zero-order valence-corrected chi connectivity index (χ0v) is 18.9. The number of hydrogen-bond acceptors (Lipinski definition) is 4. The summed E-state index contributed by atoms with van der Waals surface area (Å²) in [6.45, 7) is 5.99. The number of hydrogen-bond donors (Lipinski definition) is 1. The summed E-state index contributed by atoms with van der Waals surface area (Å²) >= 11 is 0. The summed E-state index contributed by atoms with van der Waals surface area (Å²) in [7, 11) is 0. The van der Waals surface area contributed by atoms with Crippen LogP contribution in [0.1, 0.15) is 30.3 Å². The molecule has 0 spiro atoms. The first-order chi connectivity index (χ1) is 16.3. The number of rotatable bonds is 6. The Morgan fingerprint density at radius 1 is 1.15 bits per heavy atom. The summed E-state index contributed by atoms with van der Waals surface area (Å²) in [6, 6.07) is 14.4. The van der Waals surface area contributed by atoms with Crippen LogP contribution in [-0.4, -0.2) is 52.7 Å². The third kappa shape index (κ3) is 4.44. The highest BCUT2D eigenvalue weighted by Crippen LogP contribution is 2.33. The molecule has 1 aromatic heterocycles. The Bertz CT molecular complexity index is 1190. The molecular weight excluding hydrogens is 437 g/mol. The quantitative estimate of drug-likeness (QED) is 0.555. The van der Waals surface area contributed by atoms with Gasteiger partial charge in [-0.15, -0.1) is 6.58 Å². The van der Waals surface area contributed by atoms with Gasteiger partial charge in [0, 0.05) is 37.6 Å². The summed E-state index contributed by atoms with van der Waals surface area (Å²) in [5.41, 5.74) is -0.278. The molecule has 0 aliphatic carbocycles. The van der Waals surface area contributed by atoms with Gasteiger partial charge in [0.25, 0.3) is 11.8 Å². The van der Waals surface area contributed by atoms with Crippen LogP contribution in [0.25, 0.3) is 11.0 Å². The lowest BCUT2D eigenvalue weighted by Crippen LogP contribution is -2.63. The monoisotopic (exact) mass is 463 g/mol. The molecule has 0 bridgehead atoms. The minimum Gasteiger partial charge on any atom is -0.451 e. The minimum atomic E-state index is -1.26. The maximum Gasteiger partial charge on any atom is 0.290 e. The van der Waals surface area contributed by atoms with Gasteiger partial charge in [0.2, 0.25) is 5.91 Å². The van der Waals surface area contributed by atoms with Crippen LogP contribution in [0, 0.1) is 5.82 Å². The predicted molar refractivity (Wildman–Crippen MR) is 127 cm³/mol. The lowest BCUT2D eigenvalue weighted by Gasteiger charge is -2.46. The van der Waals surface area contributed by atoms with Gasteiger partial charge in [-0.25, -0.2) is 4.39 Å². The Balaban J connectivity index is 1.71. The normalized spacial score (nSPS) is 15.1. The van der Waals surface area contributed by atoms with Crippen molar-refractivity contribution in [3.63, 3.8) is 0 Å². The van der Waals surface area contributed by atoms with Crippen LogP contribution in [0.3, 0.4) is 0 Å². The molecule has 8 heteroatoms. The molecule has 4 rings (SSSR count). The van der Waals surface area contributed by atoms with Crippen molar-refractivity contribution in [1.29, 1.82) is 0 Å². The molecule has 1 saturated heterocycles. The van der Waals surface area contributed by atoms with Crippen LogP contribution in [0.2, 0.25) is 0 Å². The average Bonchev–Trinajstić information content (AvgIpc) is 3.28. The fourth-order valence-corrected chi connectivity index (χ4v) is 4.39. The smallest absolute Gasteiger partial charge is 0.290 e. The highest BCUT2D eigenvalue weighted by atomic mass is 19.1. The zero-order chi connectivity index (χ0) is 24.3. The molecule has 3 aromatic rings. The Labute approximate surface area is 196 Å². The van der Waals surface area contributed by atoms with E-state index in [2.05, 4.69) is 11.9 Å².